The molecule has 0 unspecified atom stereocenters. The van der Waals surface area contributed by atoms with Crippen molar-refractivity contribution in [1.29, 1.82) is 0 Å². The normalized spacial score (nSPS) is 22.4. The molecule has 2 rings (SSSR count). The van der Waals surface area contributed by atoms with Gasteiger partial charge in [-0.3, -0.25) is 9.59 Å². The maximum Gasteiger partial charge on any atom is 0.303 e. The van der Waals surface area contributed by atoms with Gasteiger partial charge in [-0.05, 0) is 12.3 Å². The molecule has 1 saturated heterocycles. The number of hydrogen-bond donors (Lipinski definition) is 1. The van der Waals surface area contributed by atoms with E-state index in [-0.39, 0.29) is 11.9 Å². The van der Waals surface area contributed by atoms with Gasteiger partial charge in [0.05, 0.1) is 0 Å². The van der Waals surface area contributed by atoms with Gasteiger partial charge in [0.1, 0.15) is 0 Å². The molecule has 1 amide bonds. The fourth-order valence-corrected chi connectivity index (χ4v) is 3.21. The van der Waals surface area contributed by atoms with Crippen LogP contribution in [0.1, 0.15) is 45.4 Å². The smallest absolute Gasteiger partial charge is 0.303 e. The Bertz CT molecular complexity index is 334. The topological polar surface area (TPSA) is 58.6 Å². The third-order valence-electron chi connectivity index (χ3n) is 4.28. The van der Waals surface area contributed by atoms with Gasteiger partial charge < -0.3 is 15.0 Å². The lowest BCUT2D eigenvalue weighted by Crippen LogP contribution is -2.51. The summed E-state index contributed by atoms with van der Waals surface area (Å²) in [5.74, 6) is 0.168. The fraction of sp³-hybridized carbons (Fsp3) is 0.867. The molecule has 1 aliphatic carbocycles. The summed E-state index contributed by atoms with van der Waals surface area (Å²) in [4.78, 5) is 25.6. The number of ether oxygens (including phenoxy) is 1. The second-order valence-electron chi connectivity index (χ2n) is 5.91. The first-order valence-electron chi connectivity index (χ1n) is 7.83. The summed E-state index contributed by atoms with van der Waals surface area (Å²) in [6.45, 7) is 4.45. The zero-order valence-corrected chi connectivity index (χ0v) is 12.4. The zero-order valence-electron chi connectivity index (χ0n) is 12.4. The molecule has 0 aromatic rings. The SMILES string of the molecule is CC(=O)O[C@H](CC1CCCCC1)C(=O)N1CCNCC1. The largest absolute Gasteiger partial charge is 0.452 e. The van der Waals surface area contributed by atoms with Crippen molar-refractivity contribution in [3.05, 3.63) is 0 Å². The summed E-state index contributed by atoms with van der Waals surface area (Å²) in [6.07, 6.45) is 6.20. The van der Waals surface area contributed by atoms with Crippen molar-refractivity contribution in [3.8, 4) is 0 Å². The van der Waals surface area contributed by atoms with Crippen LogP contribution in [-0.4, -0.2) is 49.1 Å². The summed E-state index contributed by atoms with van der Waals surface area (Å²) in [6, 6.07) is 0. The first kappa shape index (κ1) is 15.3. The van der Waals surface area contributed by atoms with Gasteiger partial charge in [0.25, 0.3) is 5.91 Å². The second-order valence-corrected chi connectivity index (χ2v) is 5.91. The van der Waals surface area contributed by atoms with Gasteiger partial charge in [-0.2, -0.15) is 0 Å². The van der Waals surface area contributed by atoms with Crippen molar-refractivity contribution in [1.82, 2.24) is 10.2 Å². The monoisotopic (exact) mass is 282 g/mol. The maximum atomic E-state index is 12.5. The summed E-state index contributed by atoms with van der Waals surface area (Å²) in [5.41, 5.74) is 0. The third-order valence-corrected chi connectivity index (χ3v) is 4.28. The highest BCUT2D eigenvalue weighted by molar-refractivity contribution is 5.83. The van der Waals surface area contributed by atoms with E-state index in [9.17, 15) is 9.59 Å². The van der Waals surface area contributed by atoms with E-state index in [1.165, 1.54) is 26.2 Å². The highest BCUT2D eigenvalue weighted by Gasteiger charge is 2.30. The highest BCUT2D eigenvalue weighted by atomic mass is 16.5. The fourth-order valence-electron chi connectivity index (χ4n) is 3.21. The van der Waals surface area contributed by atoms with Crippen molar-refractivity contribution >= 4 is 11.9 Å². The van der Waals surface area contributed by atoms with Gasteiger partial charge in [-0.1, -0.05) is 32.1 Å². The van der Waals surface area contributed by atoms with Gasteiger partial charge in [0.2, 0.25) is 0 Å². The first-order chi connectivity index (χ1) is 9.66. The Morgan fingerprint density at radius 1 is 1.20 bits per heavy atom. The van der Waals surface area contributed by atoms with Crippen LogP contribution in [0, 0.1) is 5.92 Å². The van der Waals surface area contributed by atoms with Crippen LogP contribution in [0.2, 0.25) is 0 Å². The molecule has 0 spiro atoms. The molecule has 5 nitrogen and oxygen atoms in total. The highest BCUT2D eigenvalue weighted by Crippen LogP contribution is 2.28. The molecule has 0 aromatic heterocycles. The van der Waals surface area contributed by atoms with Crippen molar-refractivity contribution in [2.24, 2.45) is 5.92 Å². The molecule has 5 heteroatoms. The maximum absolute atomic E-state index is 12.5. The van der Waals surface area contributed by atoms with E-state index in [1.54, 1.807) is 0 Å². The average Bonchev–Trinajstić information content (AvgIpc) is 2.47. The van der Waals surface area contributed by atoms with E-state index in [0.717, 1.165) is 25.9 Å². The number of piperazine rings is 1. The average molecular weight is 282 g/mol. The number of hydrogen-bond acceptors (Lipinski definition) is 4. The zero-order chi connectivity index (χ0) is 14.4. The summed E-state index contributed by atoms with van der Waals surface area (Å²) in [7, 11) is 0. The molecule has 1 N–H and O–H groups in total. The van der Waals surface area contributed by atoms with E-state index >= 15 is 0 Å². The van der Waals surface area contributed by atoms with Crippen molar-refractivity contribution in [2.45, 2.75) is 51.6 Å². The van der Waals surface area contributed by atoms with Gasteiger partial charge in [0.15, 0.2) is 6.10 Å². The van der Waals surface area contributed by atoms with Crippen LogP contribution >= 0.6 is 0 Å². The van der Waals surface area contributed by atoms with Crippen LogP contribution in [0.25, 0.3) is 0 Å². The Morgan fingerprint density at radius 2 is 1.85 bits per heavy atom. The van der Waals surface area contributed by atoms with E-state index in [1.807, 2.05) is 4.90 Å². The van der Waals surface area contributed by atoms with Crippen molar-refractivity contribution in [3.63, 3.8) is 0 Å². The number of carbonyl (C=O) groups excluding carboxylic acids is 2. The van der Waals surface area contributed by atoms with E-state index in [0.29, 0.717) is 25.4 Å². The van der Waals surface area contributed by atoms with Gasteiger partial charge >= 0.3 is 5.97 Å². The number of nitrogens with one attached hydrogen (secondary N) is 1. The standard InChI is InChI=1S/C15H26N2O3/c1-12(18)20-14(11-13-5-3-2-4-6-13)15(19)17-9-7-16-8-10-17/h13-14,16H,2-11H2,1H3/t14-/m1/s1. The lowest BCUT2D eigenvalue weighted by Gasteiger charge is -2.32. The Labute approximate surface area is 121 Å². The molecule has 1 saturated carbocycles. The molecule has 1 atom stereocenters. The summed E-state index contributed by atoms with van der Waals surface area (Å²) in [5, 5.41) is 3.23. The molecule has 0 aromatic carbocycles. The number of esters is 1. The molecule has 0 bridgehead atoms. The Balaban J connectivity index is 1.93. The van der Waals surface area contributed by atoms with Crippen molar-refractivity contribution in [2.75, 3.05) is 26.2 Å². The first-order valence-corrected chi connectivity index (χ1v) is 7.83. The summed E-state index contributed by atoms with van der Waals surface area (Å²) < 4.78 is 5.32. The number of carbonyl (C=O) groups is 2. The molecular weight excluding hydrogens is 256 g/mol. The third kappa shape index (κ3) is 4.47. The molecule has 2 fully saturated rings. The predicted molar refractivity (Wildman–Crippen MR) is 76.2 cm³/mol. The summed E-state index contributed by atoms with van der Waals surface area (Å²) >= 11 is 0. The number of rotatable bonds is 4. The molecule has 2 aliphatic rings. The number of nitrogens with zero attached hydrogens (tertiary/aromatic N) is 1. The van der Waals surface area contributed by atoms with Gasteiger partial charge in [0, 0.05) is 33.1 Å². The van der Waals surface area contributed by atoms with Crippen LogP contribution in [0.15, 0.2) is 0 Å². The minimum Gasteiger partial charge on any atom is -0.452 e. The lowest BCUT2D eigenvalue weighted by atomic mass is 9.85. The molecule has 114 valence electrons. The molecule has 0 radical (unpaired) electrons. The lowest BCUT2D eigenvalue weighted by molar-refractivity contribution is -0.160. The molecule has 1 heterocycles. The Morgan fingerprint density at radius 3 is 2.45 bits per heavy atom. The van der Waals surface area contributed by atoms with Crippen LogP contribution in [0.3, 0.4) is 0 Å². The van der Waals surface area contributed by atoms with Crippen LogP contribution in [0.4, 0.5) is 0 Å². The minimum atomic E-state index is -0.575. The van der Waals surface area contributed by atoms with E-state index < -0.39 is 6.10 Å². The van der Waals surface area contributed by atoms with Crippen LogP contribution in [-0.2, 0) is 14.3 Å². The molecule has 20 heavy (non-hydrogen) atoms. The van der Waals surface area contributed by atoms with E-state index in [4.69, 9.17) is 4.74 Å². The van der Waals surface area contributed by atoms with Gasteiger partial charge in [-0.25, -0.2) is 0 Å². The van der Waals surface area contributed by atoms with Crippen LogP contribution < -0.4 is 5.32 Å². The van der Waals surface area contributed by atoms with Crippen LogP contribution in [0.5, 0.6) is 0 Å². The quantitative estimate of drug-likeness (QED) is 0.790. The second kappa shape index (κ2) is 7.62. The molecule has 1 aliphatic heterocycles. The minimum absolute atomic E-state index is 0.00715. The Hall–Kier alpha value is -1.10. The number of amides is 1. The van der Waals surface area contributed by atoms with Crippen molar-refractivity contribution < 1.29 is 14.3 Å². The van der Waals surface area contributed by atoms with E-state index in [2.05, 4.69) is 5.32 Å². The van der Waals surface area contributed by atoms with Gasteiger partial charge in [-0.15, -0.1) is 0 Å². The Kier molecular flexibility index (Phi) is 5.83. The predicted octanol–water partition coefficient (Wildman–Crippen LogP) is 1.32. The molecular formula is C15H26N2O3.